The van der Waals surface area contributed by atoms with E-state index >= 15 is 0 Å². The SMILES string of the molecule is O=C1COc2ccc(-c3csc(-c4ccccn4)n3)cc2N1Cc1ccccc1. The highest BCUT2D eigenvalue weighted by molar-refractivity contribution is 7.13. The Morgan fingerprint density at radius 2 is 1.86 bits per heavy atom. The average Bonchev–Trinajstić information content (AvgIpc) is 3.27. The van der Waals surface area contributed by atoms with Gasteiger partial charge in [0.25, 0.3) is 5.91 Å². The molecule has 0 spiro atoms. The Balaban J connectivity index is 1.50. The molecular weight excluding hydrogens is 382 g/mol. The van der Waals surface area contributed by atoms with E-state index < -0.39 is 0 Å². The van der Waals surface area contributed by atoms with Gasteiger partial charge in [-0.1, -0.05) is 36.4 Å². The summed E-state index contributed by atoms with van der Waals surface area (Å²) in [4.78, 5) is 23.5. The summed E-state index contributed by atoms with van der Waals surface area (Å²) in [5.41, 5.74) is 4.50. The number of carbonyl (C=O) groups excluding carboxylic acids is 1. The molecule has 1 amide bonds. The van der Waals surface area contributed by atoms with Gasteiger partial charge in [-0.05, 0) is 35.9 Å². The molecule has 0 saturated heterocycles. The molecule has 0 radical (unpaired) electrons. The molecular formula is C23H17N3O2S. The maximum atomic E-state index is 12.6. The summed E-state index contributed by atoms with van der Waals surface area (Å²) < 4.78 is 5.65. The van der Waals surface area contributed by atoms with Gasteiger partial charge < -0.3 is 9.64 Å². The standard InChI is InChI=1S/C23H17N3O2S/c27-22-14-28-21-10-9-17(12-20(21)26(22)13-16-6-2-1-3-7-16)19-15-29-23(25-19)18-8-4-5-11-24-18/h1-12,15H,13-14H2. The van der Waals surface area contributed by atoms with Crippen molar-refractivity contribution in [2.75, 3.05) is 11.5 Å². The van der Waals surface area contributed by atoms with E-state index in [1.807, 2.05) is 72.1 Å². The van der Waals surface area contributed by atoms with Crippen molar-refractivity contribution in [1.82, 2.24) is 9.97 Å². The summed E-state index contributed by atoms with van der Waals surface area (Å²) in [6.07, 6.45) is 1.76. The lowest BCUT2D eigenvalue weighted by molar-refractivity contribution is -0.121. The van der Waals surface area contributed by atoms with E-state index in [0.29, 0.717) is 12.3 Å². The molecule has 0 aliphatic carbocycles. The average molecular weight is 399 g/mol. The van der Waals surface area contributed by atoms with Gasteiger partial charge in [-0.3, -0.25) is 9.78 Å². The van der Waals surface area contributed by atoms with E-state index in [9.17, 15) is 4.79 Å². The van der Waals surface area contributed by atoms with Crippen LogP contribution in [0.4, 0.5) is 5.69 Å². The first kappa shape index (κ1) is 17.6. The third-order valence-corrected chi connectivity index (χ3v) is 5.63. The van der Waals surface area contributed by atoms with Crippen LogP contribution in [0, 0.1) is 0 Å². The zero-order chi connectivity index (χ0) is 19.6. The van der Waals surface area contributed by atoms with Crippen LogP contribution in [0.25, 0.3) is 22.0 Å². The largest absolute Gasteiger partial charge is 0.482 e. The second-order valence-corrected chi connectivity index (χ2v) is 7.55. The Morgan fingerprint density at radius 3 is 2.69 bits per heavy atom. The molecule has 1 aliphatic heterocycles. The summed E-state index contributed by atoms with van der Waals surface area (Å²) in [6, 6.07) is 21.6. The van der Waals surface area contributed by atoms with Crippen molar-refractivity contribution >= 4 is 22.9 Å². The zero-order valence-corrected chi connectivity index (χ0v) is 16.3. The lowest BCUT2D eigenvalue weighted by Crippen LogP contribution is -2.38. The van der Waals surface area contributed by atoms with Gasteiger partial charge in [-0.15, -0.1) is 11.3 Å². The molecule has 0 fully saturated rings. The molecule has 5 rings (SSSR count). The quantitative estimate of drug-likeness (QED) is 0.495. The maximum absolute atomic E-state index is 12.6. The smallest absolute Gasteiger partial charge is 0.265 e. The molecule has 0 unspecified atom stereocenters. The van der Waals surface area contributed by atoms with E-state index in [1.165, 1.54) is 0 Å². The highest BCUT2D eigenvalue weighted by Gasteiger charge is 2.26. The zero-order valence-electron chi connectivity index (χ0n) is 15.5. The molecule has 1 aliphatic rings. The fourth-order valence-corrected chi connectivity index (χ4v) is 4.12. The molecule has 2 aromatic heterocycles. The van der Waals surface area contributed by atoms with Gasteiger partial charge in [-0.25, -0.2) is 4.98 Å². The Labute approximate surface area is 172 Å². The fourth-order valence-electron chi connectivity index (χ4n) is 3.31. The number of anilines is 1. The van der Waals surface area contributed by atoms with Gasteiger partial charge in [0, 0.05) is 17.1 Å². The summed E-state index contributed by atoms with van der Waals surface area (Å²) in [5, 5.41) is 2.88. The number of hydrogen-bond acceptors (Lipinski definition) is 5. The van der Waals surface area contributed by atoms with Gasteiger partial charge in [0.1, 0.15) is 10.8 Å². The molecule has 5 nitrogen and oxygen atoms in total. The van der Waals surface area contributed by atoms with Crippen LogP contribution in [0.2, 0.25) is 0 Å². The minimum Gasteiger partial charge on any atom is -0.482 e. The van der Waals surface area contributed by atoms with Crippen molar-refractivity contribution < 1.29 is 9.53 Å². The molecule has 0 N–H and O–H groups in total. The van der Waals surface area contributed by atoms with Crippen molar-refractivity contribution in [1.29, 1.82) is 0 Å². The number of aromatic nitrogens is 2. The van der Waals surface area contributed by atoms with Gasteiger partial charge in [-0.2, -0.15) is 0 Å². The number of benzene rings is 2. The highest BCUT2D eigenvalue weighted by Crippen LogP contribution is 2.37. The van der Waals surface area contributed by atoms with E-state index in [2.05, 4.69) is 4.98 Å². The predicted molar refractivity (Wildman–Crippen MR) is 114 cm³/mol. The second-order valence-electron chi connectivity index (χ2n) is 6.69. The van der Waals surface area contributed by atoms with Crippen molar-refractivity contribution in [3.05, 3.63) is 83.9 Å². The van der Waals surface area contributed by atoms with Crippen LogP contribution < -0.4 is 9.64 Å². The van der Waals surface area contributed by atoms with Gasteiger partial charge in [0.05, 0.1) is 23.6 Å². The number of carbonyl (C=O) groups is 1. The molecule has 2 aromatic carbocycles. The molecule has 0 bridgehead atoms. The van der Waals surface area contributed by atoms with Crippen LogP contribution in [0.1, 0.15) is 5.56 Å². The Morgan fingerprint density at radius 1 is 1.00 bits per heavy atom. The molecule has 142 valence electrons. The number of hydrogen-bond donors (Lipinski definition) is 0. The lowest BCUT2D eigenvalue weighted by atomic mass is 10.1. The normalized spacial score (nSPS) is 13.1. The summed E-state index contributed by atoms with van der Waals surface area (Å²) in [6.45, 7) is 0.565. The summed E-state index contributed by atoms with van der Waals surface area (Å²) >= 11 is 1.55. The molecule has 6 heteroatoms. The van der Waals surface area contributed by atoms with Crippen molar-refractivity contribution in [2.45, 2.75) is 6.54 Å². The third kappa shape index (κ3) is 3.50. The Kier molecular flexibility index (Phi) is 4.54. The number of thiazole rings is 1. The van der Waals surface area contributed by atoms with Crippen molar-refractivity contribution in [3.63, 3.8) is 0 Å². The number of amides is 1. The second kappa shape index (κ2) is 7.48. The first-order chi connectivity index (χ1) is 14.3. The van der Waals surface area contributed by atoms with E-state index in [-0.39, 0.29) is 12.5 Å². The summed E-state index contributed by atoms with van der Waals surface area (Å²) in [5.74, 6) is 0.662. The van der Waals surface area contributed by atoms with Crippen molar-refractivity contribution in [2.24, 2.45) is 0 Å². The first-order valence-electron chi connectivity index (χ1n) is 9.26. The van der Waals surface area contributed by atoms with Crippen LogP contribution in [-0.2, 0) is 11.3 Å². The molecule has 4 aromatic rings. The van der Waals surface area contributed by atoms with Crippen LogP contribution in [0.3, 0.4) is 0 Å². The molecule has 3 heterocycles. The minimum absolute atomic E-state index is 0.0500. The fraction of sp³-hybridized carbons (Fsp3) is 0.0870. The third-order valence-electron chi connectivity index (χ3n) is 4.77. The summed E-state index contributed by atoms with van der Waals surface area (Å²) in [7, 11) is 0. The van der Waals surface area contributed by atoms with E-state index in [1.54, 1.807) is 22.4 Å². The first-order valence-corrected chi connectivity index (χ1v) is 10.1. The Bertz CT molecular complexity index is 1160. The number of fused-ring (bicyclic) bond motifs is 1. The lowest BCUT2D eigenvalue weighted by Gasteiger charge is -2.29. The van der Waals surface area contributed by atoms with E-state index in [0.717, 1.165) is 33.2 Å². The van der Waals surface area contributed by atoms with Crippen molar-refractivity contribution in [3.8, 4) is 27.7 Å². The van der Waals surface area contributed by atoms with Gasteiger partial charge in [0.15, 0.2) is 6.61 Å². The highest BCUT2D eigenvalue weighted by atomic mass is 32.1. The van der Waals surface area contributed by atoms with Crippen LogP contribution in [-0.4, -0.2) is 22.5 Å². The Hall–Kier alpha value is -3.51. The molecule has 29 heavy (non-hydrogen) atoms. The molecule has 0 atom stereocenters. The predicted octanol–water partition coefficient (Wildman–Crippen LogP) is 4.80. The minimum atomic E-state index is -0.0500. The number of rotatable bonds is 4. The number of ether oxygens (including phenoxy) is 1. The number of pyridine rings is 1. The van der Waals surface area contributed by atoms with Crippen LogP contribution >= 0.6 is 11.3 Å². The number of nitrogens with zero attached hydrogens (tertiary/aromatic N) is 3. The van der Waals surface area contributed by atoms with Gasteiger partial charge in [0.2, 0.25) is 0 Å². The van der Waals surface area contributed by atoms with Gasteiger partial charge >= 0.3 is 0 Å². The van der Waals surface area contributed by atoms with Crippen LogP contribution in [0.5, 0.6) is 5.75 Å². The topological polar surface area (TPSA) is 55.3 Å². The molecule has 0 saturated carbocycles. The van der Waals surface area contributed by atoms with Crippen LogP contribution in [0.15, 0.2) is 78.3 Å². The van der Waals surface area contributed by atoms with E-state index in [4.69, 9.17) is 9.72 Å². The monoisotopic (exact) mass is 399 g/mol. The maximum Gasteiger partial charge on any atom is 0.265 e.